The Labute approximate surface area is 317 Å². The van der Waals surface area contributed by atoms with Gasteiger partial charge in [-0.05, 0) is 120 Å². The number of nitrogens with one attached hydrogen (secondary N) is 3. The smallest absolute Gasteiger partial charge is 0.263 e. The van der Waals surface area contributed by atoms with Crippen LogP contribution in [0.3, 0.4) is 0 Å². The van der Waals surface area contributed by atoms with Crippen molar-refractivity contribution in [2.75, 3.05) is 26.2 Å². The van der Waals surface area contributed by atoms with Crippen LogP contribution in [0.25, 0.3) is 0 Å². The van der Waals surface area contributed by atoms with Crippen LogP contribution in [0.4, 0.5) is 0 Å². The SMILES string of the molecule is CCC=CCC=CCC=CCC=CCC=CCC=CCCC(=O)NCCNCCCNC(=O)C(C)(C)Oc1ccc(C(=O)c2ccc(Cl)cc2)cc1. The van der Waals surface area contributed by atoms with Gasteiger partial charge < -0.3 is 20.7 Å². The molecule has 0 aromatic heterocycles. The molecule has 7 nitrogen and oxygen atoms in total. The molecule has 0 atom stereocenters. The predicted octanol–water partition coefficient (Wildman–Crippen LogP) is 9.42. The van der Waals surface area contributed by atoms with E-state index in [0.29, 0.717) is 54.5 Å². The Kier molecular flexibility index (Phi) is 22.9. The molecule has 0 bridgehead atoms. The van der Waals surface area contributed by atoms with Crippen LogP contribution in [0, 0.1) is 0 Å². The minimum absolute atomic E-state index is 0.0404. The normalized spacial score (nSPS) is 12.3. The summed E-state index contributed by atoms with van der Waals surface area (Å²) in [4.78, 5) is 37.5. The number of ketones is 1. The molecule has 0 heterocycles. The van der Waals surface area contributed by atoms with Gasteiger partial charge in [0.2, 0.25) is 5.91 Å². The lowest BCUT2D eigenvalue weighted by Gasteiger charge is -2.25. The van der Waals surface area contributed by atoms with Gasteiger partial charge in [0, 0.05) is 42.2 Å². The van der Waals surface area contributed by atoms with Crippen molar-refractivity contribution in [1.82, 2.24) is 16.0 Å². The first-order valence-electron chi connectivity index (χ1n) is 18.5. The Morgan fingerprint density at radius 2 is 1.13 bits per heavy atom. The fourth-order valence-electron chi connectivity index (χ4n) is 4.77. The summed E-state index contributed by atoms with van der Waals surface area (Å²) < 4.78 is 5.93. The van der Waals surface area contributed by atoms with Crippen molar-refractivity contribution in [1.29, 1.82) is 0 Å². The zero-order chi connectivity index (χ0) is 37.7. The molecule has 3 N–H and O–H groups in total. The summed E-state index contributed by atoms with van der Waals surface area (Å²) in [5.74, 6) is 0.188. The van der Waals surface area contributed by atoms with Gasteiger partial charge in [-0.1, -0.05) is 91.4 Å². The minimum Gasteiger partial charge on any atom is -0.478 e. The van der Waals surface area contributed by atoms with Gasteiger partial charge in [-0.2, -0.15) is 0 Å². The molecule has 2 aromatic carbocycles. The molecule has 52 heavy (non-hydrogen) atoms. The maximum Gasteiger partial charge on any atom is 0.263 e. The van der Waals surface area contributed by atoms with E-state index in [2.05, 4.69) is 95.8 Å². The van der Waals surface area contributed by atoms with Crippen molar-refractivity contribution >= 4 is 29.2 Å². The van der Waals surface area contributed by atoms with Crippen LogP contribution < -0.4 is 20.7 Å². The largest absolute Gasteiger partial charge is 0.478 e. The second-order valence-corrected chi connectivity index (χ2v) is 13.1. The van der Waals surface area contributed by atoms with Crippen LogP contribution in [0.2, 0.25) is 5.02 Å². The van der Waals surface area contributed by atoms with Crippen molar-refractivity contribution in [3.8, 4) is 5.75 Å². The Morgan fingerprint density at radius 3 is 1.67 bits per heavy atom. The molecule has 0 fully saturated rings. The lowest BCUT2D eigenvalue weighted by Crippen LogP contribution is -2.47. The molecular formula is C44H58ClN3O4. The molecule has 2 amide bonds. The van der Waals surface area contributed by atoms with E-state index in [1.165, 1.54) is 0 Å². The predicted molar refractivity (Wildman–Crippen MR) is 217 cm³/mol. The van der Waals surface area contributed by atoms with Gasteiger partial charge in [0.1, 0.15) is 5.75 Å². The van der Waals surface area contributed by atoms with E-state index in [1.807, 2.05) is 0 Å². The van der Waals surface area contributed by atoms with E-state index in [4.69, 9.17) is 16.3 Å². The van der Waals surface area contributed by atoms with Crippen molar-refractivity contribution in [3.63, 3.8) is 0 Å². The van der Waals surface area contributed by atoms with E-state index < -0.39 is 5.60 Å². The molecule has 0 saturated carbocycles. The molecule has 0 aliphatic rings. The highest BCUT2D eigenvalue weighted by Crippen LogP contribution is 2.21. The first-order valence-corrected chi connectivity index (χ1v) is 18.9. The van der Waals surface area contributed by atoms with Crippen LogP contribution in [-0.2, 0) is 9.59 Å². The van der Waals surface area contributed by atoms with E-state index in [9.17, 15) is 14.4 Å². The molecule has 8 heteroatoms. The van der Waals surface area contributed by atoms with Crippen molar-refractivity contribution in [2.24, 2.45) is 0 Å². The summed E-state index contributed by atoms with van der Waals surface area (Å²) in [5, 5.41) is 9.71. The van der Waals surface area contributed by atoms with Gasteiger partial charge in [0.15, 0.2) is 11.4 Å². The maximum atomic E-state index is 12.8. The van der Waals surface area contributed by atoms with Gasteiger partial charge >= 0.3 is 0 Å². The fraction of sp³-hybridized carbons (Fsp3) is 0.386. The summed E-state index contributed by atoms with van der Waals surface area (Å²) >= 11 is 5.91. The van der Waals surface area contributed by atoms with E-state index in [1.54, 1.807) is 62.4 Å². The Balaban J connectivity index is 1.45. The first kappa shape index (κ1) is 43.7. The van der Waals surface area contributed by atoms with Gasteiger partial charge in [0.05, 0.1) is 0 Å². The highest BCUT2D eigenvalue weighted by molar-refractivity contribution is 6.30. The summed E-state index contributed by atoms with van der Waals surface area (Å²) in [5.41, 5.74) is -0.0286. The average molecular weight is 728 g/mol. The van der Waals surface area contributed by atoms with Crippen molar-refractivity contribution in [2.45, 2.75) is 84.2 Å². The molecule has 0 aliphatic heterocycles. The number of benzene rings is 2. The second-order valence-electron chi connectivity index (χ2n) is 12.6. The third-order valence-corrected chi connectivity index (χ3v) is 7.97. The summed E-state index contributed by atoms with van der Waals surface area (Å²) in [6, 6.07) is 13.5. The Bertz CT molecular complexity index is 1500. The minimum atomic E-state index is -1.09. The quantitative estimate of drug-likeness (QED) is 0.0510. The zero-order valence-electron chi connectivity index (χ0n) is 31.3. The number of carbonyl (C=O) groups is 3. The molecule has 0 spiro atoms. The van der Waals surface area contributed by atoms with Crippen LogP contribution >= 0.6 is 11.6 Å². The first-order chi connectivity index (χ1) is 25.2. The molecule has 2 aromatic rings. The topological polar surface area (TPSA) is 96.5 Å². The van der Waals surface area contributed by atoms with Gasteiger partial charge in [0.25, 0.3) is 5.91 Å². The van der Waals surface area contributed by atoms with E-state index in [0.717, 1.165) is 51.4 Å². The van der Waals surface area contributed by atoms with E-state index in [-0.39, 0.29) is 17.6 Å². The van der Waals surface area contributed by atoms with Crippen LogP contribution in [0.1, 0.15) is 94.5 Å². The highest BCUT2D eigenvalue weighted by Gasteiger charge is 2.29. The molecule has 0 radical (unpaired) electrons. The molecular weight excluding hydrogens is 670 g/mol. The van der Waals surface area contributed by atoms with E-state index >= 15 is 0 Å². The van der Waals surface area contributed by atoms with Gasteiger partial charge in [-0.25, -0.2) is 0 Å². The lowest BCUT2D eigenvalue weighted by molar-refractivity contribution is -0.134. The molecule has 0 saturated heterocycles. The average Bonchev–Trinajstić information content (AvgIpc) is 3.13. The van der Waals surface area contributed by atoms with Gasteiger partial charge in [-0.3, -0.25) is 14.4 Å². The second kappa shape index (κ2) is 27.2. The number of allylic oxidation sites excluding steroid dienone is 12. The third-order valence-electron chi connectivity index (χ3n) is 7.72. The highest BCUT2D eigenvalue weighted by atomic mass is 35.5. The fourth-order valence-corrected chi connectivity index (χ4v) is 4.90. The monoisotopic (exact) mass is 727 g/mol. The number of carbonyl (C=O) groups excluding carboxylic acids is 3. The van der Waals surface area contributed by atoms with Crippen LogP contribution in [0.5, 0.6) is 5.75 Å². The molecule has 2 rings (SSSR count). The Morgan fingerprint density at radius 1 is 0.635 bits per heavy atom. The number of ether oxygens (including phenoxy) is 1. The number of halogens is 1. The summed E-state index contributed by atoms with van der Waals surface area (Å²) in [7, 11) is 0. The summed E-state index contributed by atoms with van der Waals surface area (Å²) in [6.07, 6.45) is 33.8. The lowest BCUT2D eigenvalue weighted by atomic mass is 10.0. The number of amides is 2. The maximum absolute atomic E-state index is 12.8. The number of hydrogen-bond donors (Lipinski definition) is 3. The van der Waals surface area contributed by atoms with Crippen molar-refractivity contribution < 1.29 is 19.1 Å². The standard InChI is InChI=1S/C44H58ClN3O4/c1-4-5-6-7-8-9-10-11-12-13-14-15-16-17-18-19-20-21-22-24-41(49)47-36-35-46-33-23-34-48-43(51)44(2,3)52-40-31-27-38(28-32-40)42(50)37-25-29-39(45)30-26-37/h5-6,8-9,11-12,14-15,17-18,20-21,25-32,46H,4,7,10,13,16,19,22-24,33-36H2,1-3H3,(H,47,49)(H,48,51). The third kappa shape index (κ3) is 20.4. The zero-order valence-corrected chi connectivity index (χ0v) is 32.0. The molecule has 280 valence electrons. The Hall–Kier alpha value is -4.46. The number of hydrogen-bond acceptors (Lipinski definition) is 5. The van der Waals surface area contributed by atoms with Gasteiger partial charge in [-0.15, -0.1) is 0 Å². The number of rotatable bonds is 26. The van der Waals surface area contributed by atoms with Crippen LogP contribution in [0.15, 0.2) is 121 Å². The van der Waals surface area contributed by atoms with Crippen LogP contribution in [-0.4, -0.2) is 49.4 Å². The molecule has 0 unspecified atom stereocenters. The summed E-state index contributed by atoms with van der Waals surface area (Å²) in [6.45, 7) is 7.97. The van der Waals surface area contributed by atoms with Crippen molar-refractivity contribution in [3.05, 3.63) is 138 Å². The molecule has 0 aliphatic carbocycles.